The number of rotatable bonds is 3. The van der Waals surface area contributed by atoms with Crippen LogP contribution in [0.15, 0.2) is 34.8 Å². The van der Waals surface area contributed by atoms with Gasteiger partial charge < -0.3 is 0 Å². The van der Waals surface area contributed by atoms with Crippen molar-refractivity contribution in [3.8, 4) is 11.1 Å². The van der Waals surface area contributed by atoms with E-state index >= 15 is 0 Å². The van der Waals surface area contributed by atoms with Crippen LogP contribution < -0.4 is 0 Å². The second kappa shape index (κ2) is 6.83. The third-order valence-corrected chi connectivity index (χ3v) is 4.34. The van der Waals surface area contributed by atoms with E-state index in [-0.39, 0.29) is 22.0 Å². The molecule has 0 atom stereocenters. The summed E-state index contributed by atoms with van der Waals surface area (Å²) in [7, 11) is 0. The first kappa shape index (κ1) is 20.7. The Balaban J connectivity index is 2.93. The van der Waals surface area contributed by atoms with Crippen molar-refractivity contribution in [2.45, 2.75) is 31.4 Å². The van der Waals surface area contributed by atoms with Gasteiger partial charge in [0.15, 0.2) is 0 Å². The van der Waals surface area contributed by atoms with Crippen LogP contribution in [0.5, 0.6) is 0 Å². The lowest BCUT2D eigenvalue weighted by Crippen LogP contribution is -2.50. The topological polar surface area (TPSA) is 0 Å². The fourth-order valence-corrected chi connectivity index (χ4v) is 3.13. The highest BCUT2D eigenvalue weighted by atomic mass is 79.9. The SMILES string of the molecule is CCc1[c]c(Br)c(-c2ccc(F)cc2)c(C(F)(C(F)(F)F)C(F)(F)F)c1. The Hall–Kier alpha value is -1.64. The van der Waals surface area contributed by atoms with E-state index in [4.69, 9.17) is 0 Å². The van der Waals surface area contributed by atoms with Crippen molar-refractivity contribution >= 4 is 15.9 Å². The summed E-state index contributed by atoms with van der Waals surface area (Å²) >= 11 is 2.87. The Bertz CT molecular complexity index is 776. The minimum Gasteiger partial charge on any atom is -0.218 e. The van der Waals surface area contributed by atoms with E-state index in [1.165, 1.54) is 6.92 Å². The Labute approximate surface area is 152 Å². The van der Waals surface area contributed by atoms with Crippen LogP contribution in [-0.4, -0.2) is 12.4 Å². The molecule has 0 aliphatic rings. The molecular formula is C17H10BrF8. The van der Waals surface area contributed by atoms with E-state index < -0.39 is 35.0 Å². The summed E-state index contributed by atoms with van der Waals surface area (Å²) in [6.45, 7) is 1.47. The molecule has 141 valence electrons. The van der Waals surface area contributed by atoms with Gasteiger partial charge in [0.05, 0.1) is 0 Å². The maximum atomic E-state index is 14.7. The van der Waals surface area contributed by atoms with Gasteiger partial charge in [-0.3, -0.25) is 0 Å². The Morgan fingerprint density at radius 3 is 1.85 bits per heavy atom. The van der Waals surface area contributed by atoms with Gasteiger partial charge >= 0.3 is 18.0 Å². The second-order valence-corrected chi connectivity index (χ2v) is 6.20. The van der Waals surface area contributed by atoms with Crippen LogP contribution >= 0.6 is 15.9 Å². The van der Waals surface area contributed by atoms with Gasteiger partial charge in [0.2, 0.25) is 0 Å². The zero-order valence-corrected chi connectivity index (χ0v) is 14.6. The summed E-state index contributed by atoms with van der Waals surface area (Å²) in [6, 6.07) is 6.69. The van der Waals surface area contributed by atoms with Gasteiger partial charge in [0.25, 0.3) is 0 Å². The first-order chi connectivity index (χ1) is 11.8. The van der Waals surface area contributed by atoms with Crippen LogP contribution in [0.1, 0.15) is 18.1 Å². The van der Waals surface area contributed by atoms with Crippen molar-refractivity contribution in [2.75, 3.05) is 0 Å². The number of benzene rings is 2. The molecule has 0 amide bonds. The van der Waals surface area contributed by atoms with Crippen LogP contribution in [0.25, 0.3) is 11.1 Å². The third kappa shape index (κ3) is 3.45. The van der Waals surface area contributed by atoms with E-state index in [9.17, 15) is 35.1 Å². The average Bonchev–Trinajstić information content (AvgIpc) is 2.52. The zero-order valence-electron chi connectivity index (χ0n) is 13.0. The second-order valence-electron chi connectivity index (χ2n) is 5.41. The van der Waals surface area contributed by atoms with Crippen molar-refractivity contribution in [1.29, 1.82) is 0 Å². The molecule has 9 heteroatoms. The molecule has 0 saturated carbocycles. The molecule has 2 rings (SSSR count). The van der Waals surface area contributed by atoms with E-state index in [0.717, 1.165) is 24.3 Å². The molecule has 0 unspecified atom stereocenters. The first-order valence-corrected chi connectivity index (χ1v) is 7.95. The van der Waals surface area contributed by atoms with E-state index in [1.807, 2.05) is 0 Å². The molecule has 0 aliphatic heterocycles. The van der Waals surface area contributed by atoms with Gasteiger partial charge in [-0.05, 0) is 45.6 Å². The largest absolute Gasteiger partial charge is 0.435 e. The normalized spacial score (nSPS) is 13.2. The Kier molecular flexibility index (Phi) is 5.43. The molecule has 0 heterocycles. The zero-order chi connectivity index (χ0) is 19.9. The van der Waals surface area contributed by atoms with Crippen molar-refractivity contribution < 1.29 is 35.1 Å². The molecule has 0 fully saturated rings. The maximum absolute atomic E-state index is 14.7. The molecule has 2 aromatic carbocycles. The van der Waals surface area contributed by atoms with Crippen molar-refractivity contribution in [3.05, 3.63) is 57.8 Å². The molecule has 0 spiro atoms. The molecule has 0 N–H and O–H groups in total. The van der Waals surface area contributed by atoms with Crippen molar-refractivity contribution in [1.82, 2.24) is 0 Å². The van der Waals surface area contributed by atoms with Gasteiger partial charge in [-0.15, -0.1) is 0 Å². The van der Waals surface area contributed by atoms with Gasteiger partial charge in [-0.1, -0.05) is 25.1 Å². The van der Waals surface area contributed by atoms with Crippen molar-refractivity contribution in [2.24, 2.45) is 0 Å². The fraction of sp³-hybridized carbons (Fsp3) is 0.294. The standard InChI is InChI=1S/C17H10BrF8/c1-2-9-7-12(15(20,16(21,22)23)17(24,25)26)14(13(18)8-9)10-3-5-11(19)6-4-10/h3-7H,2H2,1H3. The first-order valence-electron chi connectivity index (χ1n) is 7.16. The Morgan fingerprint density at radius 2 is 1.42 bits per heavy atom. The predicted octanol–water partition coefficient (Wildman–Crippen LogP) is 6.91. The molecule has 0 aromatic heterocycles. The van der Waals surface area contributed by atoms with Crippen LogP contribution in [-0.2, 0) is 12.1 Å². The maximum Gasteiger partial charge on any atom is 0.435 e. The summed E-state index contributed by atoms with van der Waals surface area (Å²) in [6.07, 6.45) is -12.5. The van der Waals surface area contributed by atoms with Gasteiger partial charge in [0, 0.05) is 21.7 Å². The van der Waals surface area contributed by atoms with Crippen LogP contribution in [0, 0.1) is 11.9 Å². The van der Waals surface area contributed by atoms with Gasteiger partial charge in [-0.25, -0.2) is 8.78 Å². The van der Waals surface area contributed by atoms with Crippen LogP contribution in [0.2, 0.25) is 0 Å². The van der Waals surface area contributed by atoms with E-state index in [1.54, 1.807) is 0 Å². The predicted molar refractivity (Wildman–Crippen MR) is 82.6 cm³/mol. The van der Waals surface area contributed by atoms with Crippen LogP contribution in [0.4, 0.5) is 35.1 Å². The number of hydrogen-bond donors (Lipinski definition) is 0. The summed E-state index contributed by atoms with van der Waals surface area (Å²) in [5.41, 5.74) is -8.19. The summed E-state index contributed by atoms with van der Waals surface area (Å²) < 4.78 is 107. The highest BCUT2D eigenvalue weighted by Gasteiger charge is 2.74. The number of halogens is 9. The molecule has 0 nitrogen and oxygen atoms in total. The molecular weight excluding hydrogens is 436 g/mol. The molecule has 1 radical (unpaired) electrons. The monoisotopic (exact) mass is 445 g/mol. The number of aryl methyl sites for hydroxylation is 1. The fourth-order valence-electron chi connectivity index (χ4n) is 2.43. The summed E-state index contributed by atoms with van der Waals surface area (Å²) in [5.74, 6) is -0.751. The molecule has 2 aromatic rings. The highest BCUT2D eigenvalue weighted by molar-refractivity contribution is 9.10. The molecule has 26 heavy (non-hydrogen) atoms. The number of alkyl halides is 7. The van der Waals surface area contributed by atoms with Gasteiger partial charge in [-0.2, -0.15) is 26.3 Å². The minimum absolute atomic E-state index is 0.0289. The Morgan fingerprint density at radius 1 is 0.923 bits per heavy atom. The third-order valence-electron chi connectivity index (χ3n) is 3.74. The smallest absolute Gasteiger partial charge is 0.218 e. The van der Waals surface area contributed by atoms with Crippen LogP contribution in [0.3, 0.4) is 0 Å². The van der Waals surface area contributed by atoms with Gasteiger partial charge in [0.1, 0.15) is 5.82 Å². The summed E-state index contributed by atoms with van der Waals surface area (Å²) in [4.78, 5) is 0. The van der Waals surface area contributed by atoms with Crippen molar-refractivity contribution in [3.63, 3.8) is 0 Å². The lowest BCUT2D eigenvalue weighted by Gasteiger charge is -2.32. The molecule has 0 bridgehead atoms. The molecule has 0 aliphatic carbocycles. The quantitative estimate of drug-likeness (QED) is 0.450. The van der Waals surface area contributed by atoms with E-state index in [0.29, 0.717) is 6.07 Å². The average molecular weight is 446 g/mol. The highest BCUT2D eigenvalue weighted by Crippen LogP contribution is 2.56. The number of hydrogen-bond acceptors (Lipinski definition) is 0. The lowest BCUT2D eigenvalue weighted by molar-refractivity contribution is -0.348. The lowest BCUT2D eigenvalue weighted by atomic mass is 9.85. The summed E-state index contributed by atoms with van der Waals surface area (Å²) in [5, 5.41) is 0. The molecule has 0 saturated heterocycles. The van der Waals surface area contributed by atoms with E-state index in [2.05, 4.69) is 22.0 Å². The minimum atomic E-state index is -6.26.